The van der Waals surface area contributed by atoms with Crippen molar-refractivity contribution >= 4 is 0 Å². The Bertz CT molecular complexity index is 627. The minimum absolute atomic E-state index is 0.00924. The van der Waals surface area contributed by atoms with Gasteiger partial charge in [0, 0.05) is 18.2 Å². The summed E-state index contributed by atoms with van der Waals surface area (Å²) in [6.45, 7) is 3.72. The second kappa shape index (κ2) is 4.09. The number of phenolic OH excluding ortho intramolecular Hbond substituents is 1. The molecule has 0 saturated heterocycles. The van der Waals surface area contributed by atoms with Crippen LogP contribution in [0.1, 0.15) is 11.1 Å². The molecule has 1 aromatic heterocycles. The first-order valence-corrected chi connectivity index (χ1v) is 5.47. The lowest BCUT2D eigenvalue weighted by Crippen LogP contribution is -2.20. The van der Waals surface area contributed by atoms with Crippen molar-refractivity contribution in [2.45, 2.75) is 13.8 Å². The van der Waals surface area contributed by atoms with Gasteiger partial charge in [-0.25, -0.2) is 0 Å². The second-order valence-corrected chi connectivity index (χ2v) is 4.26. The van der Waals surface area contributed by atoms with Crippen LogP contribution in [0.15, 0.2) is 35.1 Å². The third kappa shape index (κ3) is 1.96. The normalized spacial score (nSPS) is 10.5. The lowest BCUT2D eigenvalue weighted by molar-refractivity contribution is 0.475. The van der Waals surface area contributed by atoms with Gasteiger partial charge < -0.3 is 9.67 Å². The molecule has 1 heterocycles. The van der Waals surface area contributed by atoms with E-state index in [-0.39, 0.29) is 11.3 Å². The number of rotatable bonds is 1. The molecular weight excluding hydrogens is 214 g/mol. The second-order valence-electron chi connectivity index (χ2n) is 4.26. The summed E-state index contributed by atoms with van der Waals surface area (Å²) in [5.74, 6) is 0.239. The van der Waals surface area contributed by atoms with Gasteiger partial charge in [-0.15, -0.1) is 0 Å². The van der Waals surface area contributed by atoms with Crippen molar-refractivity contribution in [3.05, 3.63) is 51.8 Å². The van der Waals surface area contributed by atoms with E-state index in [1.165, 1.54) is 0 Å². The number of hydrogen-bond donors (Lipinski definition) is 1. The number of pyridine rings is 1. The van der Waals surface area contributed by atoms with E-state index in [0.717, 1.165) is 22.4 Å². The molecule has 1 N–H and O–H groups in total. The molecule has 17 heavy (non-hydrogen) atoms. The summed E-state index contributed by atoms with van der Waals surface area (Å²) in [6, 6.07) is 8.90. The Hall–Kier alpha value is -2.03. The zero-order chi connectivity index (χ0) is 12.6. The SMILES string of the molecule is Cc1cc(O)ccc1-c1ccc(C)c(=O)n1C. The summed E-state index contributed by atoms with van der Waals surface area (Å²) in [7, 11) is 1.76. The fourth-order valence-corrected chi connectivity index (χ4v) is 1.97. The molecule has 3 nitrogen and oxygen atoms in total. The van der Waals surface area contributed by atoms with Gasteiger partial charge in [0.05, 0.1) is 5.69 Å². The highest BCUT2D eigenvalue weighted by Gasteiger charge is 2.07. The minimum Gasteiger partial charge on any atom is -0.508 e. The fraction of sp³-hybridized carbons (Fsp3) is 0.214. The van der Waals surface area contributed by atoms with Gasteiger partial charge in [-0.1, -0.05) is 6.07 Å². The average Bonchev–Trinajstić information content (AvgIpc) is 2.28. The summed E-state index contributed by atoms with van der Waals surface area (Å²) in [4.78, 5) is 11.9. The first kappa shape index (κ1) is 11.5. The Labute approximate surface area is 100.0 Å². The molecule has 2 aromatic rings. The molecule has 0 spiro atoms. The van der Waals surface area contributed by atoms with Gasteiger partial charge >= 0.3 is 0 Å². The third-order valence-corrected chi connectivity index (χ3v) is 2.98. The van der Waals surface area contributed by atoms with Gasteiger partial charge in [0.15, 0.2) is 0 Å². The maximum atomic E-state index is 11.9. The van der Waals surface area contributed by atoms with E-state index in [1.807, 2.05) is 25.1 Å². The molecule has 88 valence electrons. The number of aromatic hydroxyl groups is 1. The molecule has 2 rings (SSSR count). The molecule has 0 fully saturated rings. The number of nitrogens with zero attached hydrogens (tertiary/aromatic N) is 1. The standard InChI is InChI=1S/C14H15NO2/c1-9-4-7-13(15(3)14(9)17)12-6-5-11(16)8-10(12)2/h4-8,16H,1-3H3. The molecular formula is C14H15NO2. The van der Waals surface area contributed by atoms with Gasteiger partial charge in [0.1, 0.15) is 5.75 Å². The van der Waals surface area contributed by atoms with Crippen molar-refractivity contribution in [2.24, 2.45) is 7.05 Å². The van der Waals surface area contributed by atoms with Crippen LogP contribution < -0.4 is 5.56 Å². The molecule has 3 heteroatoms. The van der Waals surface area contributed by atoms with Gasteiger partial charge in [-0.3, -0.25) is 4.79 Å². The van der Waals surface area contributed by atoms with Crippen LogP contribution in [-0.4, -0.2) is 9.67 Å². The quantitative estimate of drug-likeness (QED) is 0.815. The highest BCUT2D eigenvalue weighted by atomic mass is 16.3. The van der Waals surface area contributed by atoms with Gasteiger partial charge in [0.25, 0.3) is 5.56 Å². The van der Waals surface area contributed by atoms with Crippen LogP contribution in [0.5, 0.6) is 5.75 Å². The Balaban J connectivity index is 2.69. The number of aryl methyl sites for hydroxylation is 2. The van der Waals surface area contributed by atoms with Crippen molar-refractivity contribution in [3.8, 4) is 17.0 Å². The molecule has 0 aliphatic carbocycles. The van der Waals surface area contributed by atoms with E-state index in [0.29, 0.717) is 0 Å². The number of phenols is 1. The molecule has 0 saturated carbocycles. The third-order valence-electron chi connectivity index (χ3n) is 2.98. The fourth-order valence-electron chi connectivity index (χ4n) is 1.97. The van der Waals surface area contributed by atoms with E-state index < -0.39 is 0 Å². The van der Waals surface area contributed by atoms with Crippen LogP contribution in [0.25, 0.3) is 11.3 Å². The first-order valence-electron chi connectivity index (χ1n) is 5.47. The zero-order valence-electron chi connectivity index (χ0n) is 10.2. The maximum Gasteiger partial charge on any atom is 0.253 e. The predicted octanol–water partition coefficient (Wildman–Crippen LogP) is 2.37. The lowest BCUT2D eigenvalue weighted by Gasteiger charge is -2.11. The molecule has 0 bridgehead atoms. The molecule has 0 amide bonds. The topological polar surface area (TPSA) is 42.2 Å². The summed E-state index contributed by atoms with van der Waals surface area (Å²) in [6.07, 6.45) is 0. The van der Waals surface area contributed by atoms with Crippen LogP contribution >= 0.6 is 0 Å². The van der Waals surface area contributed by atoms with E-state index in [2.05, 4.69) is 0 Å². The molecule has 0 unspecified atom stereocenters. The van der Waals surface area contributed by atoms with Crippen LogP contribution in [0.3, 0.4) is 0 Å². The minimum atomic E-state index is 0.00924. The van der Waals surface area contributed by atoms with Crippen molar-refractivity contribution in [1.82, 2.24) is 4.57 Å². The number of benzene rings is 1. The van der Waals surface area contributed by atoms with Crippen LogP contribution in [0.2, 0.25) is 0 Å². The zero-order valence-corrected chi connectivity index (χ0v) is 10.2. The van der Waals surface area contributed by atoms with Gasteiger partial charge in [-0.2, -0.15) is 0 Å². The average molecular weight is 229 g/mol. The van der Waals surface area contributed by atoms with Crippen LogP contribution in [-0.2, 0) is 7.05 Å². The number of aromatic nitrogens is 1. The summed E-state index contributed by atoms with van der Waals surface area (Å²) < 4.78 is 1.63. The van der Waals surface area contributed by atoms with Crippen LogP contribution in [0, 0.1) is 13.8 Å². The predicted molar refractivity (Wildman–Crippen MR) is 68.3 cm³/mol. The molecule has 0 atom stereocenters. The molecule has 0 radical (unpaired) electrons. The van der Waals surface area contributed by atoms with Gasteiger partial charge in [-0.05, 0) is 43.7 Å². The smallest absolute Gasteiger partial charge is 0.253 e. The van der Waals surface area contributed by atoms with E-state index in [9.17, 15) is 9.90 Å². The Morgan fingerprint density at radius 1 is 1.06 bits per heavy atom. The van der Waals surface area contributed by atoms with E-state index in [1.54, 1.807) is 30.7 Å². The summed E-state index contributed by atoms with van der Waals surface area (Å²) >= 11 is 0. The van der Waals surface area contributed by atoms with Crippen molar-refractivity contribution in [2.75, 3.05) is 0 Å². The van der Waals surface area contributed by atoms with E-state index >= 15 is 0 Å². The molecule has 0 aliphatic rings. The molecule has 1 aromatic carbocycles. The molecule has 0 aliphatic heterocycles. The van der Waals surface area contributed by atoms with Gasteiger partial charge in [0.2, 0.25) is 0 Å². The van der Waals surface area contributed by atoms with Crippen LogP contribution in [0.4, 0.5) is 0 Å². The largest absolute Gasteiger partial charge is 0.508 e. The van der Waals surface area contributed by atoms with E-state index in [4.69, 9.17) is 0 Å². The van der Waals surface area contributed by atoms with Crippen molar-refractivity contribution in [1.29, 1.82) is 0 Å². The van der Waals surface area contributed by atoms with Crippen molar-refractivity contribution in [3.63, 3.8) is 0 Å². The number of hydrogen-bond acceptors (Lipinski definition) is 2. The first-order chi connectivity index (χ1) is 8.00. The Kier molecular flexibility index (Phi) is 2.76. The summed E-state index contributed by atoms with van der Waals surface area (Å²) in [5.41, 5.74) is 3.51. The highest BCUT2D eigenvalue weighted by molar-refractivity contribution is 5.65. The Morgan fingerprint density at radius 3 is 2.41 bits per heavy atom. The maximum absolute atomic E-state index is 11.9. The highest BCUT2D eigenvalue weighted by Crippen LogP contribution is 2.25. The lowest BCUT2D eigenvalue weighted by atomic mass is 10.0. The Morgan fingerprint density at radius 2 is 1.76 bits per heavy atom. The summed E-state index contributed by atoms with van der Waals surface area (Å²) in [5, 5.41) is 9.38. The van der Waals surface area contributed by atoms with Crippen molar-refractivity contribution < 1.29 is 5.11 Å². The monoisotopic (exact) mass is 229 g/mol.